The minimum absolute atomic E-state index is 0.122. The number of benzene rings is 2. The van der Waals surface area contributed by atoms with E-state index in [4.69, 9.17) is 0 Å². The summed E-state index contributed by atoms with van der Waals surface area (Å²) in [5, 5.41) is 2.83. The normalized spacial score (nSPS) is 12.3. The van der Waals surface area contributed by atoms with Crippen molar-refractivity contribution in [1.29, 1.82) is 0 Å². The molecule has 2 aromatic rings. The Balaban J connectivity index is 2.37. The van der Waals surface area contributed by atoms with Crippen LogP contribution in [0.2, 0.25) is 0 Å². The van der Waals surface area contributed by atoms with E-state index < -0.39 is 34.3 Å². The topological polar surface area (TPSA) is 86.8 Å². The largest absolute Gasteiger partial charge is 0.352 e. The van der Waals surface area contributed by atoms with E-state index in [1.54, 1.807) is 6.92 Å². The number of hydrogen-bond donors (Lipinski definition) is 1. The van der Waals surface area contributed by atoms with Crippen molar-refractivity contribution in [2.24, 2.45) is 0 Å². The maximum Gasteiger partial charge on any atom is 0.244 e. The monoisotopic (exact) mass is 477 g/mol. The van der Waals surface area contributed by atoms with Crippen LogP contribution in [0.25, 0.3) is 0 Å². The van der Waals surface area contributed by atoms with Crippen LogP contribution in [0.1, 0.15) is 32.8 Å². The summed E-state index contributed by atoms with van der Waals surface area (Å²) >= 11 is 0. The summed E-state index contributed by atoms with van der Waals surface area (Å²) in [5.74, 6) is -1.65. The fourth-order valence-corrected chi connectivity index (χ4v) is 4.38. The lowest BCUT2D eigenvalue weighted by atomic mass is 10.1. The Morgan fingerprint density at radius 1 is 1.03 bits per heavy atom. The second kappa shape index (κ2) is 11.8. The number of anilines is 1. The van der Waals surface area contributed by atoms with E-state index in [1.165, 1.54) is 23.1 Å². The molecule has 0 aliphatic carbocycles. The quantitative estimate of drug-likeness (QED) is 0.539. The molecule has 0 aliphatic rings. The highest BCUT2D eigenvalue weighted by Crippen LogP contribution is 2.22. The van der Waals surface area contributed by atoms with Gasteiger partial charge >= 0.3 is 0 Å². The molecule has 0 saturated carbocycles. The third-order valence-corrected chi connectivity index (χ3v) is 6.23. The first-order valence-corrected chi connectivity index (χ1v) is 12.8. The molecule has 33 heavy (non-hydrogen) atoms. The molecular formula is C24H32FN3O4S. The molecule has 1 atom stereocenters. The Hall–Kier alpha value is -2.94. The van der Waals surface area contributed by atoms with Crippen LogP contribution in [0.4, 0.5) is 10.1 Å². The van der Waals surface area contributed by atoms with Gasteiger partial charge in [-0.25, -0.2) is 12.8 Å². The average Bonchev–Trinajstić information content (AvgIpc) is 2.74. The molecule has 0 aliphatic heterocycles. The van der Waals surface area contributed by atoms with E-state index in [2.05, 4.69) is 5.32 Å². The molecule has 0 spiro atoms. The first-order valence-electron chi connectivity index (χ1n) is 10.9. The second-order valence-corrected chi connectivity index (χ2v) is 10.0. The Morgan fingerprint density at radius 2 is 1.64 bits per heavy atom. The van der Waals surface area contributed by atoms with E-state index in [-0.39, 0.29) is 24.2 Å². The SMILES string of the molecule is CC[C@H](C(=O)NC(C)C)N(CCc1ccccc1)C(=O)CN(c1ccccc1F)S(C)(=O)=O. The summed E-state index contributed by atoms with van der Waals surface area (Å²) in [7, 11) is -3.96. The lowest BCUT2D eigenvalue weighted by Crippen LogP contribution is -2.54. The van der Waals surface area contributed by atoms with Crippen molar-refractivity contribution in [3.05, 3.63) is 66.0 Å². The molecular weight excluding hydrogens is 445 g/mol. The third kappa shape index (κ3) is 7.56. The molecule has 0 unspecified atom stereocenters. The summed E-state index contributed by atoms with van der Waals surface area (Å²) in [5.41, 5.74) is 0.763. The van der Waals surface area contributed by atoms with Crippen molar-refractivity contribution in [3.63, 3.8) is 0 Å². The fraction of sp³-hybridized carbons (Fsp3) is 0.417. The fourth-order valence-electron chi connectivity index (χ4n) is 3.53. The van der Waals surface area contributed by atoms with Crippen LogP contribution < -0.4 is 9.62 Å². The van der Waals surface area contributed by atoms with Gasteiger partial charge < -0.3 is 10.2 Å². The molecule has 0 heterocycles. The third-order valence-electron chi connectivity index (χ3n) is 5.10. The van der Waals surface area contributed by atoms with E-state index in [0.717, 1.165) is 22.2 Å². The van der Waals surface area contributed by atoms with Crippen LogP contribution in [0.3, 0.4) is 0 Å². The number of sulfonamides is 1. The first kappa shape index (κ1) is 26.3. The van der Waals surface area contributed by atoms with Gasteiger partial charge in [0, 0.05) is 12.6 Å². The van der Waals surface area contributed by atoms with Gasteiger partial charge in [-0.1, -0.05) is 49.4 Å². The van der Waals surface area contributed by atoms with Gasteiger partial charge in [0.25, 0.3) is 0 Å². The van der Waals surface area contributed by atoms with Gasteiger partial charge in [0.15, 0.2) is 0 Å². The molecule has 2 aromatic carbocycles. The Labute approximate surface area is 195 Å². The van der Waals surface area contributed by atoms with Crippen molar-refractivity contribution >= 4 is 27.5 Å². The van der Waals surface area contributed by atoms with Crippen LogP contribution in [-0.2, 0) is 26.0 Å². The minimum atomic E-state index is -3.96. The molecule has 0 fully saturated rings. The predicted octanol–water partition coefficient (Wildman–Crippen LogP) is 2.97. The molecule has 0 radical (unpaired) electrons. The number of hydrogen-bond acceptors (Lipinski definition) is 4. The lowest BCUT2D eigenvalue weighted by Gasteiger charge is -2.33. The van der Waals surface area contributed by atoms with Gasteiger partial charge in [-0.3, -0.25) is 13.9 Å². The number of halogens is 1. The Bertz CT molecular complexity index is 1040. The summed E-state index contributed by atoms with van der Waals surface area (Å²) in [6.07, 6.45) is 1.75. The van der Waals surface area contributed by atoms with Crippen molar-refractivity contribution in [2.45, 2.75) is 45.7 Å². The summed E-state index contributed by atoms with van der Waals surface area (Å²) in [4.78, 5) is 27.7. The molecule has 2 rings (SSSR count). The number of para-hydroxylation sites is 1. The van der Waals surface area contributed by atoms with Crippen molar-refractivity contribution < 1.29 is 22.4 Å². The lowest BCUT2D eigenvalue weighted by molar-refractivity contribution is -0.139. The van der Waals surface area contributed by atoms with E-state index in [0.29, 0.717) is 12.8 Å². The number of carbonyl (C=O) groups excluding carboxylic acids is 2. The van der Waals surface area contributed by atoms with Crippen molar-refractivity contribution in [3.8, 4) is 0 Å². The maximum atomic E-state index is 14.4. The number of nitrogens with one attached hydrogen (secondary N) is 1. The first-order chi connectivity index (χ1) is 15.5. The number of nitrogens with zero attached hydrogens (tertiary/aromatic N) is 2. The van der Waals surface area contributed by atoms with Crippen LogP contribution >= 0.6 is 0 Å². The number of rotatable bonds is 11. The zero-order valence-corrected chi connectivity index (χ0v) is 20.3. The Morgan fingerprint density at radius 3 is 2.18 bits per heavy atom. The Kier molecular flexibility index (Phi) is 9.40. The van der Waals surface area contributed by atoms with Gasteiger partial charge in [0.2, 0.25) is 21.8 Å². The van der Waals surface area contributed by atoms with E-state index in [1.807, 2.05) is 44.2 Å². The maximum absolute atomic E-state index is 14.4. The van der Waals surface area contributed by atoms with E-state index >= 15 is 0 Å². The summed E-state index contributed by atoms with van der Waals surface area (Å²) in [6.45, 7) is 5.04. The van der Waals surface area contributed by atoms with Crippen LogP contribution in [0.5, 0.6) is 0 Å². The zero-order valence-electron chi connectivity index (χ0n) is 19.5. The van der Waals surface area contributed by atoms with Gasteiger partial charge in [0.1, 0.15) is 18.4 Å². The smallest absolute Gasteiger partial charge is 0.244 e. The molecule has 180 valence electrons. The summed E-state index contributed by atoms with van der Waals surface area (Å²) < 4.78 is 40.0. The van der Waals surface area contributed by atoms with Crippen LogP contribution in [0, 0.1) is 5.82 Å². The highest BCUT2D eigenvalue weighted by molar-refractivity contribution is 7.92. The second-order valence-electron chi connectivity index (χ2n) is 8.13. The van der Waals surface area contributed by atoms with E-state index in [9.17, 15) is 22.4 Å². The number of amides is 2. The molecule has 0 bridgehead atoms. The van der Waals surface area contributed by atoms with Gasteiger partial charge in [0.05, 0.1) is 11.9 Å². The highest BCUT2D eigenvalue weighted by Gasteiger charge is 2.32. The molecule has 0 saturated heterocycles. The summed E-state index contributed by atoms with van der Waals surface area (Å²) in [6, 6.07) is 14.0. The van der Waals surface area contributed by atoms with Gasteiger partial charge in [-0.05, 0) is 44.4 Å². The van der Waals surface area contributed by atoms with Crippen molar-refractivity contribution in [2.75, 3.05) is 23.7 Å². The standard InChI is InChI=1S/C24H32FN3O4S/c1-5-21(24(30)26-18(2)3)27(16-15-19-11-7-6-8-12-19)23(29)17-28(33(4,31)32)22-14-10-9-13-20(22)25/h6-14,18,21H,5,15-17H2,1-4H3,(H,26,30)/t21-/m1/s1. The predicted molar refractivity (Wildman–Crippen MR) is 128 cm³/mol. The molecule has 0 aromatic heterocycles. The van der Waals surface area contributed by atoms with Gasteiger partial charge in [-0.2, -0.15) is 0 Å². The molecule has 9 heteroatoms. The minimum Gasteiger partial charge on any atom is -0.352 e. The molecule has 2 amide bonds. The molecule has 1 N–H and O–H groups in total. The average molecular weight is 478 g/mol. The van der Waals surface area contributed by atoms with Crippen LogP contribution in [0.15, 0.2) is 54.6 Å². The highest BCUT2D eigenvalue weighted by atomic mass is 32.2. The van der Waals surface area contributed by atoms with Crippen LogP contribution in [-0.4, -0.2) is 56.6 Å². The van der Waals surface area contributed by atoms with Gasteiger partial charge in [-0.15, -0.1) is 0 Å². The van der Waals surface area contributed by atoms with Crippen molar-refractivity contribution in [1.82, 2.24) is 10.2 Å². The zero-order chi connectivity index (χ0) is 24.6. The number of carbonyl (C=O) groups is 2. The molecule has 7 nitrogen and oxygen atoms in total.